The molecule has 116 valence electrons. The molecule has 0 saturated carbocycles. The second kappa shape index (κ2) is 7.05. The summed E-state index contributed by atoms with van der Waals surface area (Å²) in [6.07, 6.45) is 2.35. The van der Waals surface area contributed by atoms with Crippen molar-refractivity contribution in [3.05, 3.63) is 29.3 Å². The lowest BCUT2D eigenvalue weighted by atomic mass is 9.91. The number of carbonyl (C=O) groups excluding carboxylic acids is 1. The fraction of sp³-hybridized carbons (Fsp3) is 0.588. The summed E-state index contributed by atoms with van der Waals surface area (Å²) in [5.41, 5.74) is 9.03. The van der Waals surface area contributed by atoms with E-state index < -0.39 is 0 Å². The Morgan fingerprint density at radius 1 is 1.38 bits per heavy atom. The van der Waals surface area contributed by atoms with Crippen LogP contribution in [0.1, 0.15) is 30.9 Å². The highest BCUT2D eigenvalue weighted by Gasteiger charge is 2.28. The van der Waals surface area contributed by atoms with Gasteiger partial charge in [-0.2, -0.15) is 0 Å². The lowest BCUT2D eigenvalue weighted by Gasteiger charge is -2.39. The Kier molecular flexibility index (Phi) is 5.37. The van der Waals surface area contributed by atoms with Crippen molar-refractivity contribution in [2.75, 3.05) is 25.0 Å². The number of hydrogen-bond acceptors (Lipinski definition) is 3. The maximum atomic E-state index is 12.4. The summed E-state index contributed by atoms with van der Waals surface area (Å²) in [6, 6.07) is 6.38. The Hall–Kier alpha value is -1.39. The monoisotopic (exact) mass is 289 g/mol. The molecule has 0 bridgehead atoms. The molecule has 1 aromatic carbocycles. The molecule has 1 aromatic rings. The quantitative estimate of drug-likeness (QED) is 0.894. The lowest BCUT2D eigenvalue weighted by Crippen LogP contribution is -2.51. The summed E-state index contributed by atoms with van der Waals surface area (Å²) in [7, 11) is 0. The summed E-state index contributed by atoms with van der Waals surface area (Å²) < 4.78 is 0. The van der Waals surface area contributed by atoms with Gasteiger partial charge in [0.1, 0.15) is 0 Å². The summed E-state index contributed by atoms with van der Waals surface area (Å²) in [4.78, 5) is 14.6. The third-order valence-corrected chi connectivity index (χ3v) is 4.56. The normalized spacial score (nSPS) is 23.0. The maximum Gasteiger partial charge on any atom is 0.238 e. The number of para-hydroxylation sites is 1. The van der Waals surface area contributed by atoms with Crippen LogP contribution >= 0.6 is 0 Å². The van der Waals surface area contributed by atoms with Crippen LogP contribution < -0.4 is 11.1 Å². The van der Waals surface area contributed by atoms with Gasteiger partial charge in [-0.1, -0.05) is 25.1 Å². The van der Waals surface area contributed by atoms with E-state index in [0.717, 1.165) is 29.8 Å². The molecule has 1 aliphatic heterocycles. The van der Waals surface area contributed by atoms with Crippen LogP contribution in [0.4, 0.5) is 5.69 Å². The average Bonchev–Trinajstić information content (AvgIpc) is 2.43. The van der Waals surface area contributed by atoms with Crippen molar-refractivity contribution in [3.63, 3.8) is 0 Å². The Morgan fingerprint density at radius 2 is 2.05 bits per heavy atom. The number of aryl methyl sites for hydroxylation is 2. The summed E-state index contributed by atoms with van der Waals surface area (Å²) >= 11 is 0. The SMILES string of the molecule is Cc1cccc(C)c1NC(=O)CN1CCCC(C)C1CN. The topological polar surface area (TPSA) is 58.4 Å². The van der Waals surface area contributed by atoms with Crippen LogP contribution in [-0.2, 0) is 4.79 Å². The highest BCUT2D eigenvalue weighted by molar-refractivity contribution is 5.93. The van der Waals surface area contributed by atoms with Crippen molar-refractivity contribution < 1.29 is 4.79 Å². The van der Waals surface area contributed by atoms with Gasteiger partial charge in [0.05, 0.1) is 6.54 Å². The highest BCUT2D eigenvalue weighted by Crippen LogP contribution is 2.23. The minimum absolute atomic E-state index is 0.0555. The molecular formula is C17H27N3O. The third-order valence-electron chi connectivity index (χ3n) is 4.56. The molecule has 1 aliphatic rings. The zero-order chi connectivity index (χ0) is 15.4. The molecule has 2 rings (SSSR count). The number of benzene rings is 1. The standard InChI is InChI=1S/C17H27N3O/c1-12-8-5-9-20(15(12)10-18)11-16(21)19-17-13(2)6-4-7-14(17)3/h4,6-7,12,15H,5,8-11,18H2,1-3H3,(H,19,21). The smallest absolute Gasteiger partial charge is 0.238 e. The van der Waals surface area contributed by atoms with Gasteiger partial charge in [0, 0.05) is 18.3 Å². The van der Waals surface area contributed by atoms with Gasteiger partial charge in [0.15, 0.2) is 0 Å². The van der Waals surface area contributed by atoms with E-state index in [4.69, 9.17) is 5.73 Å². The van der Waals surface area contributed by atoms with Gasteiger partial charge in [-0.25, -0.2) is 0 Å². The Labute approximate surface area is 127 Å². The number of nitrogens with two attached hydrogens (primary N) is 1. The second-order valence-electron chi connectivity index (χ2n) is 6.21. The molecule has 2 unspecified atom stereocenters. The van der Waals surface area contributed by atoms with Gasteiger partial charge >= 0.3 is 0 Å². The zero-order valence-electron chi connectivity index (χ0n) is 13.4. The molecule has 0 spiro atoms. The highest BCUT2D eigenvalue weighted by atomic mass is 16.2. The molecule has 2 atom stereocenters. The minimum atomic E-state index is 0.0555. The Morgan fingerprint density at radius 3 is 2.67 bits per heavy atom. The van der Waals surface area contributed by atoms with E-state index in [1.807, 2.05) is 32.0 Å². The molecule has 1 heterocycles. The van der Waals surface area contributed by atoms with Gasteiger partial charge in [-0.15, -0.1) is 0 Å². The van der Waals surface area contributed by atoms with Crippen LogP contribution in [-0.4, -0.2) is 36.5 Å². The molecule has 4 heteroatoms. The predicted molar refractivity (Wildman–Crippen MR) is 87.4 cm³/mol. The van der Waals surface area contributed by atoms with E-state index in [1.165, 1.54) is 6.42 Å². The molecule has 0 aromatic heterocycles. The first-order valence-corrected chi connectivity index (χ1v) is 7.83. The number of nitrogens with zero attached hydrogens (tertiary/aromatic N) is 1. The van der Waals surface area contributed by atoms with Crippen LogP contribution in [0.5, 0.6) is 0 Å². The van der Waals surface area contributed by atoms with Crippen LogP contribution in [0.3, 0.4) is 0 Å². The number of hydrogen-bond donors (Lipinski definition) is 2. The minimum Gasteiger partial charge on any atom is -0.329 e. The number of rotatable bonds is 4. The maximum absolute atomic E-state index is 12.4. The molecule has 1 saturated heterocycles. The largest absolute Gasteiger partial charge is 0.329 e. The van der Waals surface area contributed by atoms with Crippen molar-refractivity contribution in [2.24, 2.45) is 11.7 Å². The molecule has 3 N–H and O–H groups in total. The molecule has 0 radical (unpaired) electrons. The van der Waals surface area contributed by atoms with E-state index >= 15 is 0 Å². The summed E-state index contributed by atoms with van der Waals surface area (Å²) in [5, 5.41) is 3.06. The predicted octanol–water partition coefficient (Wildman–Crippen LogP) is 2.30. The van der Waals surface area contributed by atoms with Crippen LogP contribution in [0, 0.1) is 19.8 Å². The molecule has 4 nitrogen and oxygen atoms in total. The van der Waals surface area contributed by atoms with Gasteiger partial charge in [-0.3, -0.25) is 9.69 Å². The van der Waals surface area contributed by atoms with E-state index in [-0.39, 0.29) is 5.91 Å². The number of nitrogens with one attached hydrogen (secondary N) is 1. The second-order valence-corrected chi connectivity index (χ2v) is 6.21. The zero-order valence-corrected chi connectivity index (χ0v) is 13.4. The van der Waals surface area contributed by atoms with Crippen LogP contribution in [0.2, 0.25) is 0 Å². The van der Waals surface area contributed by atoms with Gasteiger partial charge in [-0.05, 0) is 50.3 Å². The first kappa shape index (κ1) is 16.0. The summed E-state index contributed by atoms with van der Waals surface area (Å²) in [5.74, 6) is 0.622. The van der Waals surface area contributed by atoms with Gasteiger partial charge < -0.3 is 11.1 Å². The lowest BCUT2D eigenvalue weighted by molar-refractivity contribution is -0.118. The van der Waals surface area contributed by atoms with Crippen molar-refractivity contribution in [1.82, 2.24) is 4.90 Å². The molecule has 21 heavy (non-hydrogen) atoms. The summed E-state index contributed by atoms with van der Waals surface area (Å²) in [6.45, 7) is 8.29. The van der Waals surface area contributed by atoms with Gasteiger partial charge in [0.2, 0.25) is 5.91 Å². The number of anilines is 1. The van der Waals surface area contributed by atoms with Crippen molar-refractivity contribution in [3.8, 4) is 0 Å². The number of piperidine rings is 1. The number of carbonyl (C=O) groups is 1. The average molecular weight is 289 g/mol. The van der Waals surface area contributed by atoms with Crippen molar-refractivity contribution in [2.45, 2.75) is 39.7 Å². The van der Waals surface area contributed by atoms with Crippen LogP contribution in [0.25, 0.3) is 0 Å². The Bertz CT molecular complexity index is 481. The first-order chi connectivity index (χ1) is 10.0. The fourth-order valence-electron chi connectivity index (χ4n) is 3.29. The third kappa shape index (κ3) is 3.83. The van der Waals surface area contributed by atoms with Crippen molar-refractivity contribution >= 4 is 11.6 Å². The van der Waals surface area contributed by atoms with Gasteiger partial charge in [0.25, 0.3) is 0 Å². The number of amides is 1. The molecule has 1 fully saturated rings. The van der Waals surface area contributed by atoms with Crippen molar-refractivity contribution in [1.29, 1.82) is 0 Å². The van der Waals surface area contributed by atoms with E-state index in [9.17, 15) is 4.79 Å². The first-order valence-electron chi connectivity index (χ1n) is 7.83. The van der Waals surface area contributed by atoms with E-state index in [0.29, 0.717) is 25.0 Å². The molecule has 1 amide bonds. The van der Waals surface area contributed by atoms with E-state index in [1.54, 1.807) is 0 Å². The van der Waals surface area contributed by atoms with E-state index in [2.05, 4.69) is 17.1 Å². The molecular weight excluding hydrogens is 262 g/mol. The molecule has 0 aliphatic carbocycles. The fourth-order valence-corrected chi connectivity index (χ4v) is 3.29. The van der Waals surface area contributed by atoms with Crippen LogP contribution in [0.15, 0.2) is 18.2 Å². The Balaban J connectivity index is 2.01. The number of likely N-dealkylation sites (tertiary alicyclic amines) is 1.